The normalized spacial score (nSPS) is 8.40. The van der Waals surface area contributed by atoms with Crippen molar-refractivity contribution >= 4 is 11.9 Å². The van der Waals surface area contributed by atoms with E-state index in [1.54, 1.807) is 0 Å². The van der Waals surface area contributed by atoms with Gasteiger partial charge in [-0.1, -0.05) is 6.58 Å². The number of nitrogens with one attached hydrogen (secondary N) is 1. The van der Waals surface area contributed by atoms with E-state index in [2.05, 4.69) is 11.4 Å². The molecule has 0 heterocycles. The molecule has 0 saturated carbocycles. The minimum Gasteiger partial charge on any atom is -0.368 e. The van der Waals surface area contributed by atoms with Crippen molar-refractivity contribution in [2.45, 2.75) is 0 Å². The summed E-state index contributed by atoms with van der Waals surface area (Å²) >= 11 is 0. The van der Waals surface area contributed by atoms with E-state index in [9.17, 15) is 9.59 Å². The van der Waals surface area contributed by atoms with Crippen LogP contribution in [-0.4, -0.2) is 18.4 Å². The molecule has 0 spiro atoms. The zero-order valence-electron chi connectivity index (χ0n) is 5.29. The lowest BCUT2D eigenvalue weighted by Gasteiger charge is -1.98. The largest absolute Gasteiger partial charge is 0.368 e. The van der Waals surface area contributed by atoms with Crippen molar-refractivity contribution in [3.05, 3.63) is 12.7 Å². The zero-order valence-corrected chi connectivity index (χ0v) is 5.29. The fourth-order valence-corrected chi connectivity index (χ4v) is 0.220. The number of hydroxylamine groups is 1. The van der Waals surface area contributed by atoms with E-state index in [1.165, 1.54) is 0 Å². The van der Waals surface area contributed by atoms with Gasteiger partial charge in [-0.25, -0.2) is 4.79 Å². The predicted octanol–water partition coefficient (Wildman–Crippen LogP) is -1.29. The number of primary amides is 1. The van der Waals surface area contributed by atoms with Crippen LogP contribution in [0.4, 0.5) is 0 Å². The highest BCUT2D eigenvalue weighted by Crippen LogP contribution is 1.71. The molecule has 3 N–H and O–H groups in total. The summed E-state index contributed by atoms with van der Waals surface area (Å²) in [5, 5.41) is 0. The minimum atomic E-state index is -0.652. The van der Waals surface area contributed by atoms with E-state index in [4.69, 9.17) is 5.73 Å². The topological polar surface area (TPSA) is 81.4 Å². The van der Waals surface area contributed by atoms with Crippen LogP contribution in [0.2, 0.25) is 0 Å². The molecule has 0 bridgehead atoms. The van der Waals surface area contributed by atoms with Crippen LogP contribution in [0.3, 0.4) is 0 Å². The van der Waals surface area contributed by atoms with E-state index >= 15 is 0 Å². The second-order valence-corrected chi connectivity index (χ2v) is 1.41. The van der Waals surface area contributed by atoms with Gasteiger partial charge in [-0.3, -0.25) is 4.79 Å². The molecule has 0 aromatic rings. The highest BCUT2D eigenvalue weighted by molar-refractivity contribution is 5.81. The smallest absolute Gasteiger partial charge is 0.348 e. The molecular formula is C5H8N2O3. The van der Waals surface area contributed by atoms with E-state index in [0.29, 0.717) is 0 Å². The predicted molar refractivity (Wildman–Crippen MR) is 33.5 cm³/mol. The molecule has 0 atom stereocenters. The fourth-order valence-electron chi connectivity index (χ4n) is 0.220. The maximum Gasteiger partial charge on any atom is 0.348 e. The van der Waals surface area contributed by atoms with Gasteiger partial charge >= 0.3 is 5.97 Å². The Morgan fingerprint density at radius 3 is 2.70 bits per heavy atom. The number of rotatable bonds is 4. The molecule has 0 aliphatic rings. The van der Waals surface area contributed by atoms with Gasteiger partial charge in [-0.15, -0.1) is 5.48 Å². The second-order valence-electron chi connectivity index (χ2n) is 1.41. The number of hydrogen-bond donors (Lipinski definition) is 2. The van der Waals surface area contributed by atoms with Crippen LogP contribution in [0, 0.1) is 0 Å². The van der Waals surface area contributed by atoms with Gasteiger partial charge in [0.05, 0.1) is 0 Å². The zero-order chi connectivity index (χ0) is 7.98. The van der Waals surface area contributed by atoms with Crippen molar-refractivity contribution < 1.29 is 14.4 Å². The second kappa shape index (κ2) is 4.51. The molecule has 0 aliphatic carbocycles. The Balaban J connectivity index is 3.28. The van der Waals surface area contributed by atoms with Crippen molar-refractivity contribution in [1.29, 1.82) is 0 Å². The number of amides is 1. The van der Waals surface area contributed by atoms with Crippen molar-refractivity contribution in [2.75, 3.05) is 6.54 Å². The van der Waals surface area contributed by atoms with Crippen LogP contribution in [0.5, 0.6) is 0 Å². The first kappa shape index (κ1) is 8.64. The van der Waals surface area contributed by atoms with Crippen LogP contribution < -0.4 is 11.2 Å². The third kappa shape index (κ3) is 4.79. The number of carbonyl (C=O) groups is 2. The van der Waals surface area contributed by atoms with Gasteiger partial charge in [0.15, 0.2) is 0 Å². The Labute approximate surface area is 57.8 Å². The molecule has 0 radical (unpaired) electrons. The molecule has 5 heteroatoms. The van der Waals surface area contributed by atoms with Gasteiger partial charge < -0.3 is 10.6 Å². The molecule has 5 nitrogen and oxygen atoms in total. The minimum absolute atomic E-state index is 0.195. The van der Waals surface area contributed by atoms with Crippen LogP contribution in [0.15, 0.2) is 12.7 Å². The molecule has 0 unspecified atom stereocenters. The molecule has 0 rings (SSSR count). The third-order valence-electron chi connectivity index (χ3n) is 0.586. The van der Waals surface area contributed by atoms with E-state index in [0.717, 1.165) is 6.08 Å². The molecule has 0 aliphatic heterocycles. The molecule has 0 saturated heterocycles. The Kier molecular flexibility index (Phi) is 3.90. The Morgan fingerprint density at radius 2 is 2.30 bits per heavy atom. The summed E-state index contributed by atoms with van der Waals surface area (Å²) in [5.41, 5.74) is 6.74. The highest BCUT2D eigenvalue weighted by atomic mass is 16.7. The molecule has 0 aromatic heterocycles. The molecule has 0 fully saturated rings. The number of carbonyl (C=O) groups excluding carboxylic acids is 2. The van der Waals surface area contributed by atoms with Crippen LogP contribution in [-0.2, 0) is 14.4 Å². The first-order chi connectivity index (χ1) is 4.66. The van der Waals surface area contributed by atoms with Crippen LogP contribution >= 0.6 is 0 Å². The van der Waals surface area contributed by atoms with Gasteiger partial charge in [0.2, 0.25) is 5.91 Å². The first-order valence-electron chi connectivity index (χ1n) is 2.51. The molecule has 56 valence electrons. The third-order valence-corrected chi connectivity index (χ3v) is 0.586. The average molecular weight is 144 g/mol. The summed E-state index contributed by atoms with van der Waals surface area (Å²) in [4.78, 5) is 24.4. The summed E-state index contributed by atoms with van der Waals surface area (Å²) in [6.07, 6.45) is 0.966. The van der Waals surface area contributed by atoms with Gasteiger partial charge in [0.25, 0.3) is 0 Å². The SMILES string of the molecule is C=CC(=O)ONCC(N)=O. The molecule has 1 amide bonds. The van der Waals surface area contributed by atoms with E-state index in [1.807, 2.05) is 5.48 Å². The lowest BCUT2D eigenvalue weighted by atomic mass is 10.6. The van der Waals surface area contributed by atoms with E-state index < -0.39 is 11.9 Å². The van der Waals surface area contributed by atoms with Crippen molar-refractivity contribution in [3.63, 3.8) is 0 Å². The summed E-state index contributed by atoms with van der Waals surface area (Å²) in [7, 11) is 0. The monoisotopic (exact) mass is 144 g/mol. The van der Waals surface area contributed by atoms with Crippen molar-refractivity contribution in [1.82, 2.24) is 5.48 Å². The Bertz CT molecular complexity index is 155. The van der Waals surface area contributed by atoms with Gasteiger partial charge in [-0.2, -0.15) is 0 Å². The van der Waals surface area contributed by atoms with Crippen LogP contribution in [0.25, 0.3) is 0 Å². The van der Waals surface area contributed by atoms with Crippen molar-refractivity contribution in [2.24, 2.45) is 5.73 Å². The lowest BCUT2D eigenvalue weighted by molar-refractivity contribution is -0.145. The number of hydrogen-bond acceptors (Lipinski definition) is 4. The Hall–Kier alpha value is -1.36. The summed E-state index contributed by atoms with van der Waals surface area (Å²) in [6, 6.07) is 0. The maximum atomic E-state index is 10.2. The van der Waals surface area contributed by atoms with Gasteiger partial charge in [0, 0.05) is 6.08 Å². The molecule has 0 aromatic carbocycles. The van der Waals surface area contributed by atoms with Crippen molar-refractivity contribution in [3.8, 4) is 0 Å². The molecule has 10 heavy (non-hydrogen) atoms. The first-order valence-corrected chi connectivity index (χ1v) is 2.51. The Morgan fingerprint density at radius 1 is 1.70 bits per heavy atom. The highest BCUT2D eigenvalue weighted by Gasteiger charge is 1.95. The van der Waals surface area contributed by atoms with Crippen LogP contribution in [0.1, 0.15) is 0 Å². The summed E-state index contributed by atoms with van der Waals surface area (Å²) in [5.74, 6) is -1.25. The summed E-state index contributed by atoms with van der Waals surface area (Å²) in [6.45, 7) is 2.93. The average Bonchev–Trinajstić information content (AvgIpc) is 1.87. The quantitative estimate of drug-likeness (QED) is 0.380. The van der Waals surface area contributed by atoms with Gasteiger partial charge in [0.1, 0.15) is 6.54 Å². The maximum absolute atomic E-state index is 10.2. The standard InChI is InChI=1S/C5H8N2O3/c1-2-5(9)10-7-3-4(6)8/h2,7H,1,3H2,(H2,6,8). The lowest BCUT2D eigenvalue weighted by Crippen LogP contribution is -2.30. The van der Waals surface area contributed by atoms with Gasteiger partial charge in [-0.05, 0) is 0 Å². The summed E-state index contributed by atoms with van der Waals surface area (Å²) < 4.78 is 0. The molecular weight excluding hydrogens is 136 g/mol. The number of nitrogens with two attached hydrogens (primary N) is 1. The fraction of sp³-hybridized carbons (Fsp3) is 0.200. The van der Waals surface area contributed by atoms with E-state index in [-0.39, 0.29) is 6.54 Å².